The molecule has 0 atom stereocenters. The van der Waals surface area contributed by atoms with Gasteiger partial charge in [-0.15, -0.1) is 0 Å². The van der Waals surface area contributed by atoms with Gasteiger partial charge in [0.1, 0.15) is 0 Å². The minimum absolute atomic E-state index is 0.0901. The molecule has 7 heteroatoms. The summed E-state index contributed by atoms with van der Waals surface area (Å²) in [6.07, 6.45) is 0. The third-order valence-electron chi connectivity index (χ3n) is 3.40. The van der Waals surface area contributed by atoms with Gasteiger partial charge >= 0.3 is 0 Å². The second kappa shape index (κ2) is 6.37. The maximum atomic E-state index is 12.9. The topological polar surface area (TPSA) is 80.5 Å². The van der Waals surface area contributed by atoms with E-state index in [1.807, 2.05) is 19.9 Å². The number of nitro benzene ring substituents is 1. The van der Waals surface area contributed by atoms with E-state index in [9.17, 15) is 18.5 Å². The minimum Gasteiger partial charge on any atom is -0.267 e. The van der Waals surface area contributed by atoms with Gasteiger partial charge in [0.15, 0.2) is 0 Å². The quantitative estimate of drug-likeness (QED) is 0.620. The Balaban J connectivity index is 2.55. The Morgan fingerprint density at radius 3 is 2.22 bits per heavy atom. The molecular weight excluding hydrogens is 316 g/mol. The Kier molecular flexibility index (Phi) is 4.70. The maximum Gasteiger partial charge on any atom is 0.270 e. The average molecular weight is 334 g/mol. The van der Waals surface area contributed by atoms with Crippen LogP contribution in [0.25, 0.3) is 0 Å². The summed E-state index contributed by atoms with van der Waals surface area (Å²) >= 11 is 0. The number of sulfonamides is 1. The summed E-state index contributed by atoms with van der Waals surface area (Å²) in [7, 11) is -3.86. The van der Waals surface area contributed by atoms with Crippen LogP contribution in [0, 0.1) is 24.0 Å². The molecule has 2 aromatic rings. The van der Waals surface area contributed by atoms with Crippen molar-refractivity contribution in [2.45, 2.75) is 25.7 Å². The smallest absolute Gasteiger partial charge is 0.267 e. The number of aryl methyl sites for hydroxylation is 2. The van der Waals surface area contributed by atoms with Gasteiger partial charge in [0.2, 0.25) is 0 Å². The summed E-state index contributed by atoms with van der Waals surface area (Å²) in [5, 5.41) is 10.9. The number of benzene rings is 2. The first kappa shape index (κ1) is 17.0. The molecule has 0 bridgehead atoms. The van der Waals surface area contributed by atoms with E-state index < -0.39 is 14.9 Å². The molecule has 0 aliphatic rings. The van der Waals surface area contributed by atoms with Crippen molar-refractivity contribution in [3.8, 4) is 0 Å². The molecule has 0 aromatic heterocycles. The normalized spacial score (nSPS) is 11.3. The van der Waals surface area contributed by atoms with Gasteiger partial charge in [0.05, 0.1) is 15.5 Å². The van der Waals surface area contributed by atoms with E-state index in [2.05, 4.69) is 0 Å². The van der Waals surface area contributed by atoms with Crippen LogP contribution in [0.5, 0.6) is 0 Å². The summed E-state index contributed by atoms with van der Waals surface area (Å²) in [4.78, 5) is 10.2. The van der Waals surface area contributed by atoms with Crippen molar-refractivity contribution in [1.82, 2.24) is 0 Å². The Morgan fingerprint density at radius 2 is 1.70 bits per heavy atom. The van der Waals surface area contributed by atoms with Crippen molar-refractivity contribution >= 4 is 21.4 Å². The average Bonchev–Trinajstić information content (AvgIpc) is 2.46. The molecule has 2 aromatic carbocycles. The van der Waals surface area contributed by atoms with Crippen LogP contribution >= 0.6 is 0 Å². The SMILES string of the molecule is CCN(c1cc(C)cc(C)c1)S(=O)(=O)c1cccc([N+](=O)[O-])c1. The highest BCUT2D eigenvalue weighted by atomic mass is 32.2. The molecule has 0 radical (unpaired) electrons. The summed E-state index contributed by atoms with van der Waals surface area (Å²) in [5.41, 5.74) is 2.21. The van der Waals surface area contributed by atoms with E-state index in [4.69, 9.17) is 0 Å². The fraction of sp³-hybridized carbons (Fsp3) is 0.250. The van der Waals surface area contributed by atoms with Gasteiger partial charge in [0, 0.05) is 18.7 Å². The Hall–Kier alpha value is -2.41. The van der Waals surface area contributed by atoms with E-state index in [1.165, 1.54) is 22.5 Å². The predicted octanol–water partition coefficient (Wildman–Crippen LogP) is 3.43. The highest BCUT2D eigenvalue weighted by Gasteiger charge is 2.25. The first-order valence-electron chi connectivity index (χ1n) is 7.11. The van der Waals surface area contributed by atoms with Crippen LogP contribution in [-0.2, 0) is 10.0 Å². The fourth-order valence-electron chi connectivity index (χ4n) is 2.47. The van der Waals surface area contributed by atoms with Gasteiger partial charge in [-0.2, -0.15) is 0 Å². The van der Waals surface area contributed by atoms with E-state index in [-0.39, 0.29) is 17.1 Å². The largest absolute Gasteiger partial charge is 0.270 e. The van der Waals surface area contributed by atoms with Crippen molar-refractivity contribution in [2.75, 3.05) is 10.8 Å². The molecule has 0 saturated carbocycles. The molecule has 0 saturated heterocycles. The minimum atomic E-state index is -3.86. The first-order chi connectivity index (χ1) is 10.8. The molecule has 23 heavy (non-hydrogen) atoms. The van der Waals surface area contributed by atoms with Gasteiger partial charge in [-0.1, -0.05) is 12.1 Å². The lowest BCUT2D eigenvalue weighted by Crippen LogP contribution is -2.30. The summed E-state index contributed by atoms with van der Waals surface area (Å²) in [5.74, 6) is 0. The van der Waals surface area contributed by atoms with Crippen molar-refractivity contribution in [3.05, 3.63) is 63.7 Å². The molecule has 6 nitrogen and oxygen atoms in total. The summed E-state index contributed by atoms with van der Waals surface area (Å²) in [6, 6.07) is 10.6. The van der Waals surface area contributed by atoms with Gasteiger partial charge in [-0.3, -0.25) is 14.4 Å². The molecule has 0 fully saturated rings. The van der Waals surface area contributed by atoms with Gasteiger partial charge in [-0.05, 0) is 50.1 Å². The third kappa shape index (κ3) is 3.50. The molecule has 0 N–H and O–H groups in total. The van der Waals surface area contributed by atoms with Crippen molar-refractivity contribution < 1.29 is 13.3 Å². The van der Waals surface area contributed by atoms with Crippen LogP contribution in [-0.4, -0.2) is 19.9 Å². The zero-order valence-corrected chi connectivity index (χ0v) is 14.0. The second-order valence-corrected chi connectivity index (χ2v) is 7.13. The Bertz CT molecular complexity index is 827. The van der Waals surface area contributed by atoms with E-state index >= 15 is 0 Å². The molecular formula is C16H18N2O4S. The Labute approximate surface area is 135 Å². The van der Waals surface area contributed by atoms with Crippen molar-refractivity contribution in [2.24, 2.45) is 0 Å². The van der Waals surface area contributed by atoms with Crippen LogP contribution in [0.1, 0.15) is 18.1 Å². The number of hydrogen-bond donors (Lipinski definition) is 0. The summed E-state index contributed by atoms with van der Waals surface area (Å²) in [6.45, 7) is 5.75. The van der Waals surface area contributed by atoms with E-state index in [1.54, 1.807) is 19.1 Å². The monoisotopic (exact) mass is 334 g/mol. The summed E-state index contributed by atoms with van der Waals surface area (Å²) < 4.78 is 27.0. The van der Waals surface area contributed by atoms with Gasteiger partial charge in [0.25, 0.3) is 15.7 Å². The van der Waals surface area contributed by atoms with Crippen LogP contribution in [0.4, 0.5) is 11.4 Å². The highest BCUT2D eigenvalue weighted by Crippen LogP contribution is 2.27. The Morgan fingerprint density at radius 1 is 1.09 bits per heavy atom. The second-order valence-electron chi connectivity index (χ2n) is 5.27. The lowest BCUT2D eigenvalue weighted by Gasteiger charge is -2.23. The zero-order valence-electron chi connectivity index (χ0n) is 13.2. The first-order valence-corrected chi connectivity index (χ1v) is 8.55. The predicted molar refractivity (Wildman–Crippen MR) is 89.2 cm³/mol. The molecule has 0 amide bonds. The molecule has 0 heterocycles. The van der Waals surface area contributed by atoms with E-state index in [0.29, 0.717) is 5.69 Å². The standard InChI is InChI=1S/C16H18N2O4S/c1-4-17(15-9-12(2)8-13(3)10-15)23(21,22)16-7-5-6-14(11-16)18(19)20/h5-11H,4H2,1-3H3. The number of nitrogens with zero attached hydrogens (tertiary/aromatic N) is 2. The zero-order chi connectivity index (χ0) is 17.2. The number of anilines is 1. The van der Waals surface area contributed by atoms with Crippen LogP contribution in [0.3, 0.4) is 0 Å². The van der Waals surface area contributed by atoms with Gasteiger partial charge in [-0.25, -0.2) is 8.42 Å². The van der Waals surface area contributed by atoms with Crippen molar-refractivity contribution in [1.29, 1.82) is 0 Å². The molecule has 0 aliphatic carbocycles. The number of rotatable bonds is 5. The molecule has 0 unspecified atom stereocenters. The van der Waals surface area contributed by atoms with Crippen LogP contribution in [0.2, 0.25) is 0 Å². The van der Waals surface area contributed by atoms with Crippen LogP contribution < -0.4 is 4.31 Å². The third-order valence-corrected chi connectivity index (χ3v) is 5.30. The molecule has 122 valence electrons. The number of nitro groups is 1. The van der Waals surface area contributed by atoms with Crippen molar-refractivity contribution in [3.63, 3.8) is 0 Å². The lowest BCUT2D eigenvalue weighted by molar-refractivity contribution is -0.385. The molecule has 0 spiro atoms. The maximum absolute atomic E-state index is 12.9. The highest BCUT2D eigenvalue weighted by molar-refractivity contribution is 7.92. The lowest BCUT2D eigenvalue weighted by atomic mass is 10.1. The molecule has 0 aliphatic heterocycles. The van der Waals surface area contributed by atoms with Crippen LogP contribution in [0.15, 0.2) is 47.4 Å². The number of hydrogen-bond acceptors (Lipinski definition) is 4. The van der Waals surface area contributed by atoms with Gasteiger partial charge < -0.3 is 0 Å². The number of non-ortho nitro benzene ring substituents is 1. The molecule has 2 rings (SSSR count). The van der Waals surface area contributed by atoms with E-state index in [0.717, 1.165) is 17.2 Å². The fourth-order valence-corrected chi connectivity index (χ4v) is 3.97.